The third-order valence-corrected chi connectivity index (χ3v) is 4.03. The van der Waals surface area contributed by atoms with E-state index in [1.54, 1.807) is 24.3 Å². The number of halogens is 1. The summed E-state index contributed by atoms with van der Waals surface area (Å²) in [4.78, 5) is 34.7. The number of carboxylic acids is 1. The van der Waals surface area contributed by atoms with Crippen molar-refractivity contribution in [3.05, 3.63) is 48.0 Å². The monoisotopic (exact) mass is 427 g/mol. The van der Waals surface area contributed by atoms with Crippen molar-refractivity contribution in [2.45, 2.75) is 9.97 Å². The van der Waals surface area contributed by atoms with E-state index in [1.807, 2.05) is 18.2 Å². The molecular weight excluding hydrogens is 413 g/mol. The van der Waals surface area contributed by atoms with Crippen LogP contribution in [0.3, 0.4) is 0 Å². The molecule has 0 saturated heterocycles. The number of Topliss-reactive ketones (excluding diaryl/α,β-unsaturated/α-hetero) is 1. The van der Waals surface area contributed by atoms with Crippen LogP contribution in [-0.4, -0.2) is 33.0 Å². The van der Waals surface area contributed by atoms with Crippen molar-refractivity contribution in [3.8, 4) is 0 Å². The number of carboxylic acid groups (broad SMARTS) is 1. The lowest BCUT2D eigenvalue weighted by atomic mass is 10.0. The highest BCUT2D eigenvalue weighted by Gasteiger charge is 2.33. The number of esters is 1. The van der Waals surface area contributed by atoms with Gasteiger partial charge in [0.05, 0.1) is 5.56 Å². The van der Waals surface area contributed by atoms with Crippen molar-refractivity contribution < 1.29 is 24.2 Å². The van der Waals surface area contributed by atoms with Gasteiger partial charge in [-0.25, -0.2) is 9.59 Å². The first-order chi connectivity index (χ1) is 10.8. The molecule has 1 atom stereocenters. The van der Waals surface area contributed by atoms with Gasteiger partial charge in [-0.2, -0.15) is 0 Å². The third kappa shape index (κ3) is 4.26. The Bertz CT molecular complexity index is 767. The van der Waals surface area contributed by atoms with Gasteiger partial charge in [0.1, 0.15) is 6.61 Å². The number of hydrogen-bond acceptors (Lipinski definition) is 5. The van der Waals surface area contributed by atoms with Gasteiger partial charge in [0.2, 0.25) is 0 Å². The fraction of sp³-hybridized carbons (Fsp3) is 0.188. The Morgan fingerprint density at radius 1 is 1.13 bits per heavy atom. The van der Waals surface area contributed by atoms with Crippen molar-refractivity contribution in [1.82, 2.24) is 0 Å². The zero-order valence-electron chi connectivity index (χ0n) is 12.0. The average Bonchev–Trinajstić information content (AvgIpc) is 2.51. The van der Waals surface area contributed by atoms with Crippen molar-refractivity contribution in [1.29, 1.82) is 0 Å². The summed E-state index contributed by atoms with van der Waals surface area (Å²) in [5.41, 5.74) is 5.83. The lowest BCUT2D eigenvalue weighted by Gasteiger charge is -2.15. The van der Waals surface area contributed by atoms with E-state index >= 15 is 0 Å². The zero-order chi connectivity index (χ0) is 17.0. The molecule has 0 saturated carbocycles. The molecule has 2 rings (SSSR count). The molecule has 0 aromatic heterocycles. The molecule has 23 heavy (non-hydrogen) atoms. The Morgan fingerprint density at radius 3 is 2.48 bits per heavy atom. The summed E-state index contributed by atoms with van der Waals surface area (Å²) in [6, 6.07) is 12.5. The molecule has 2 aromatic carbocycles. The first-order valence-corrected chi connectivity index (χ1v) is 7.77. The number of nitrogens with two attached hydrogens (primary N) is 1. The molecule has 0 radical (unpaired) electrons. The molecule has 0 bridgehead atoms. The zero-order valence-corrected chi connectivity index (χ0v) is 14.1. The number of aliphatic carboxylic acids is 1. The molecular formula is C16H14INO5. The number of ketones is 1. The highest BCUT2D eigenvalue weighted by Crippen LogP contribution is 2.20. The first-order valence-electron chi connectivity index (χ1n) is 6.69. The Kier molecular flexibility index (Phi) is 5.32. The number of ether oxygens (including phenoxy) is 1. The molecule has 120 valence electrons. The molecule has 1 unspecified atom stereocenters. The molecule has 3 N–H and O–H groups in total. The maximum atomic E-state index is 12.1. The van der Waals surface area contributed by atoms with Gasteiger partial charge in [-0.05, 0) is 39.4 Å². The van der Waals surface area contributed by atoms with Crippen LogP contribution in [0.2, 0.25) is 0 Å². The van der Waals surface area contributed by atoms with Crippen LogP contribution >= 0.6 is 22.6 Å². The topological polar surface area (TPSA) is 107 Å². The van der Waals surface area contributed by atoms with Crippen LogP contribution in [0.5, 0.6) is 0 Å². The van der Waals surface area contributed by atoms with E-state index in [-0.39, 0.29) is 0 Å². The van der Waals surface area contributed by atoms with Crippen LogP contribution < -0.4 is 5.73 Å². The second kappa shape index (κ2) is 7.05. The predicted octanol–water partition coefficient (Wildman–Crippen LogP) is 2.13. The Balaban J connectivity index is 2.05. The molecule has 0 amide bonds. The van der Waals surface area contributed by atoms with Gasteiger partial charge in [0.25, 0.3) is 0 Å². The molecule has 0 heterocycles. The van der Waals surface area contributed by atoms with E-state index in [4.69, 9.17) is 15.6 Å². The quantitative estimate of drug-likeness (QED) is 0.317. The van der Waals surface area contributed by atoms with Gasteiger partial charge in [0, 0.05) is 6.42 Å². The summed E-state index contributed by atoms with van der Waals surface area (Å²) < 4.78 is 3.28. The van der Waals surface area contributed by atoms with E-state index < -0.39 is 34.3 Å². The van der Waals surface area contributed by atoms with Gasteiger partial charge >= 0.3 is 11.9 Å². The van der Waals surface area contributed by atoms with Gasteiger partial charge in [-0.1, -0.05) is 36.4 Å². The minimum atomic E-state index is -1.71. The Morgan fingerprint density at radius 2 is 1.78 bits per heavy atom. The van der Waals surface area contributed by atoms with Crippen LogP contribution in [0.1, 0.15) is 16.8 Å². The second-order valence-electron chi connectivity index (χ2n) is 4.99. The summed E-state index contributed by atoms with van der Waals surface area (Å²) in [5.74, 6) is -2.49. The third-order valence-electron chi connectivity index (χ3n) is 3.18. The summed E-state index contributed by atoms with van der Waals surface area (Å²) in [7, 11) is 0. The molecule has 0 aliphatic carbocycles. The van der Waals surface area contributed by atoms with E-state index in [2.05, 4.69) is 0 Å². The fourth-order valence-electron chi connectivity index (χ4n) is 2.04. The minimum Gasteiger partial charge on any atom is -0.479 e. The van der Waals surface area contributed by atoms with E-state index in [9.17, 15) is 14.4 Å². The number of alkyl halides is 1. The average molecular weight is 427 g/mol. The molecule has 6 nitrogen and oxygen atoms in total. The molecule has 7 heteroatoms. The minimum absolute atomic E-state index is 0.350. The van der Waals surface area contributed by atoms with Gasteiger partial charge < -0.3 is 15.6 Å². The first kappa shape index (κ1) is 17.4. The maximum absolute atomic E-state index is 12.1. The normalized spacial score (nSPS) is 13.3. The lowest BCUT2D eigenvalue weighted by Crippen LogP contribution is -2.44. The van der Waals surface area contributed by atoms with E-state index in [0.29, 0.717) is 5.56 Å². The van der Waals surface area contributed by atoms with E-state index in [0.717, 1.165) is 10.8 Å². The Hall–Kier alpha value is -2.00. The van der Waals surface area contributed by atoms with Crippen LogP contribution in [0.4, 0.5) is 0 Å². The van der Waals surface area contributed by atoms with Gasteiger partial charge in [0.15, 0.2) is 9.33 Å². The lowest BCUT2D eigenvalue weighted by molar-refractivity contribution is -0.141. The number of rotatable bonds is 6. The standard InChI is InChI=1S/C16H14INO5/c17-16(18,15(21)22)8-11(19)9-23-14(20)13-7-3-5-10-4-1-2-6-12(10)13/h1-7H,8-9,18H2,(H,21,22). The maximum Gasteiger partial charge on any atom is 0.339 e. The molecule has 0 fully saturated rings. The fourth-order valence-corrected chi connectivity index (χ4v) is 2.47. The number of benzene rings is 2. The molecule has 2 aromatic rings. The van der Waals surface area contributed by atoms with Crippen LogP contribution in [-0.2, 0) is 14.3 Å². The summed E-state index contributed by atoms with van der Waals surface area (Å²) in [6.45, 7) is -0.517. The van der Waals surface area contributed by atoms with Crippen LogP contribution in [0.15, 0.2) is 42.5 Å². The SMILES string of the molecule is NC(I)(CC(=O)COC(=O)c1cccc2ccccc12)C(=O)O. The predicted molar refractivity (Wildman–Crippen MR) is 92.4 cm³/mol. The highest BCUT2D eigenvalue weighted by atomic mass is 127. The van der Waals surface area contributed by atoms with Crippen molar-refractivity contribution in [3.63, 3.8) is 0 Å². The number of carbonyl (C=O) groups is 3. The highest BCUT2D eigenvalue weighted by molar-refractivity contribution is 14.1. The summed E-state index contributed by atoms with van der Waals surface area (Å²) in [5, 5.41) is 10.5. The van der Waals surface area contributed by atoms with Crippen molar-refractivity contribution in [2.75, 3.05) is 6.61 Å². The molecule has 0 aliphatic heterocycles. The number of hydrogen-bond donors (Lipinski definition) is 2. The van der Waals surface area contributed by atoms with Gasteiger partial charge in [-0.15, -0.1) is 0 Å². The summed E-state index contributed by atoms with van der Waals surface area (Å²) in [6.07, 6.45) is -0.425. The van der Waals surface area contributed by atoms with Crippen molar-refractivity contribution in [2.24, 2.45) is 5.73 Å². The van der Waals surface area contributed by atoms with Crippen molar-refractivity contribution >= 4 is 51.1 Å². The number of fused-ring (bicyclic) bond motifs is 1. The Labute approximate surface area is 145 Å². The smallest absolute Gasteiger partial charge is 0.339 e. The molecule has 0 spiro atoms. The van der Waals surface area contributed by atoms with Crippen LogP contribution in [0.25, 0.3) is 10.8 Å². The summed E-state index contributed by atoms with van der Waals surface area (Å²) >= 11 is 1.48. The largest absolute Gasteiger partial charge is 0.479 e. The van der Waals surface area contributed by atoms with E-state index in [1.165, 1.54) is 22.6 Å². The van der Waals surface area contributed by atoms with Crippen LogP contribution in [0, 0.1) is 0 Å². The van der Waals surface area contributed by atoms with Gasteiger partial charge in [-0.3, -0.25) is 4.79 Å². The second-order valence-corrected chi connectivity index (χ2v) is 6.91. The molecule has 0 aliphatic rings. The number of carbonyl (C=O) groups excluding carboxylic acids is 2.